The van der Waals surface area contributed by atoms with Gasteiger partial charge in [-0.05, 0) is 30.2 Å². The van der Waals surface area contributed by atoms with Crippen molar-refractivity contribution in [3.05, 3.63) is 28.8 Å². The molecule has 2 N–H and O–H groups in total. The molecular weight excluding hydrogens is 270 g/mol. The van der Waals surface area contributed by atoms with Crippen molar-refractivity contribution in [3.63, 3.8) is 0 Å². The summed E-state index contributed by atoms with van der Waals surface area (Å²) in [6, 6.07) is 5.28. The molecule has 1 aromatic rings. The van der Waals surface area contributed by atoms with Gasteiger partial charge in [-0.25, -0.2) is 0 Å². The molecular formula is C13H16ClNO4. The third kappa shape index (κ3) is 5.61. The van der Waals surface area contributed by atoms with Crippen molar-refractivity contribution < 1.29 is 19.4 Å². The van der Waals surface area contributed by atoms with Crippen molar-refractivity contribution in [2.75, 3.05) is 13.7 Å². The lowest BCUT2D eigenvalue weighted by atomic mass is 10.1. The summed E-state index contributed by atoms with van der Waals surface area (Å²) in [6.45, 7) is 0.412. The molecule has 5 nitrogen and oxygen atoms in total. The molecule has 1 aromatic carbocycles. The smallest absolute Gasteiger partial charge is 0.303 e. The number of benzene rings is 1. The maximum absolute atomic E-state index is 11.3. The van der Waals surface area contributed by atoms with Crippen LogP contribution in [0.5, 0.6) is 5.75 Å². The number of hydrogen-bond donors (Lipinski definition) is 2. The predicted molar refractivity (Wildman–Crippen MR) is 71.6 cm³/mol. The minimum Gasteiger partial charge on any atom is -0.496 e. The molecule has 0 bridgehead atoms. The molecule has 0 unspecified atom stereocenters. The van der Waals surface area contributed by atoms with Crippen LogP contribution >= 0.6 is 11.6 Å². The van der Waals surface area contributed by atoms with Gasteiger partial charge in [-0.15, -0.1) is 0 Å². The lowest BCUT2D eigenvalue weighted by Gasteiger charge is -2.09. The number of rotatable bonds is 7. The van der Waals surface area contributed by atoms with E-state index in [1.807, 2.05) is 0 Å². The quantitative estimate of drug-likeness (QED) is 0.802. The first-order valence-electron chi connectivity index (χ1n) is 5.84. The van der Waals surface area contributed by atoms with Crippen LogP contribution in [0, 0.1) is 0 Å². The van der Waals surface area contributed by atoms with Crippen LogP contribution in [-0.2, 0) is 16.0 Å². The van der Waals surface area contributed by atoms with Crippen molar-refractivity contribution in [2.45, 2.75) is 19.3 Å². The van der Waals surface area contributed by atoms with E-state index in [2.05, 4.69) is 5.32 Å². The first-order valence-corrected chi connectivity index (χ1v) is 6.21. The third-order valence-electron chi connectivity index (χ3n) is 2.52. The molecule has 0 saturated carbocycles. The SMILES string of the molecule is COc1ccc(Cl)cc1CCNC(=O)CCC(=O)O. The van der Waals surface area contributed by atoms with Crippen LogP contribution in [0.4, 0.5) is 0 Å². The number of hydrogen-bond acceptors (Lipinski definition) is 3. The molecule has 0 saturated heterocycles. The lowest BCUT2D eigenvalue weighted by molar-refractivity contribution is -0.138. The summed E-state index contributed by atoms with van der Waals surface area (Å²) in [5, 5.41) is 11.7. The summed E-state index contributed by atoms with van der Waals surface area (Å²) < 4.78 is 5.19. The van der Waals surface area contributed by atoms with E-state index in [9.17, 15) is 9.59 Å². The Morgan fingerprint density at radius 3 is 2.74 bits per heavy atom. The number of carboxylic acids is 1. The molecule has 6 heteroatoms. The van der Waals surface area contributed by atoms with Gasteiger partial charge in [0.2, 0.25) is 5.91 Å². The highest BCUT2D eigenvalue weighted by atomic mass is 35.5. The summed E-state index contributed by atoms with van der Waals surface area (Å²) in [4.78, 5) is 21.6. The Kier molecular flexibility index (Phi) is 6.15. The van der Waals surface area contributed by atoms with Gasteiger partial charge in [-0.1, -0.05) is 11.6 Å². The maximum atomic E-state index is 11.3. The molecule has 0 heterocycles. The van der Waals surface area contributed by atoms with Gasteiger partial charge in [0.25, 0.3) is 0 Å². The zero-order chi connectivity index (χ0) is 14.3. The normalized spacial score (nSPS) is 10.0. The highest BCUT2D eigenvalue weighted by Gasteiger charge is 2.07. The van der Waals surface area contributed by atoms with Gasteiger partial charge in [-0.3, -0.25) is 9.59 Å². The predicted octanol–water partition coefficient (Wildman–Crippen LogP) is 1.87. The number of carboxylic acid groups (broad SMARTS) is 1. The van der Waals surface area contributed by atoms with Crippen molar-refractivity contribution in [1.29, 1.82) is 0 Å². The van der Waals surface area contributed by atoms with Gasteiger partial charge in [0, 0.05) is 18.0 Å². The van der Waals surface area contributed by atoms with Gasteiger partial charge in [0.05, 0.1) is 13.5 Å². The highest BCUT2D eigenvalue weighted by Crippen LogP contribution is 2.22. The van der Waals surface area contributed by atoms with Gasteiger partial charge in [0.1, 0.15) is 5.75 Å². The summed E-state index contributed by atoms with van der Waals surface area (Å²) in [6.07, 6.45) is 0.400. The average Bonchev–Trinajstić information content (AvgIpc) is 2.36. The van der Waals surface area contributed by atoms with Crippen molar-refractivity contribution in [1.82, 2.24) is 5.32 Å². The fraction of sp³-hybridized carbons (Fsp3) is 0.385. The Balaban J connectivity index is 2.42. The van der Waals surface area contributed by atoms with Crippen LogP contribution in [0.2, 0.25) is 5.02 Å². The molecule has 104 valence electrons. The van der Waals surface area contributed by atoms with Crippen LogP contribution < -0.4 is 10.1 Å². The Bertz CT molecular complexity index is 462. The monoisotopic (exact) mass is 285 g/mol. The van der Waals surface area contributed by atoms with E-state index in [-0.39, 0.29) is 18.7 Å². The zero-order valence-electron chi connectivity index (χ0n) is 10.6. The molecule has 0 aromatic heterocycles. The van der Waals surface area contributed by atoms with E-state index in [1.165, 1.54) is 0 Å². The standard InChI is InChI=1S/C13H16ClNO4/c1-19-11-3-2-10(14)8-9(11)6-7-15-12(16)4-5-13(17)18/h2-3,8H,4-7H2,1H3,(H,15,16)(H,17,18). The van der Waals surface area contributed by atoms with Crippen LogP contribution in [0.1, 0.15) is 18.4 Å². The molecule has 19 heavy (non-hydrogen) atoms. The highest BCUT2D eigenvalue weighted by molar-refractivity contribution is 6.30. The zero-order valence-corrected chi connectivity index (χ0v) is 11.4. The first-order chi connectivity index (χ1) is 9.02. The lowest BCUT2D eigenvalue weighted by Crippen LogP contribution is -2.26. The molecule has 0 aliphatic carbocycles. The molecule has 0 atom stereocenters. The molecule has 1 amide bonds. The Hall–Kier alpha value is -1.75. The van der Waals surface area contributed by atoms with Gasteiger partial charge >= 0.3 is 5.97 Å². The molecule has 1 rings (SSSR count). The second-order valence-corrected chi connectivity index (χ2v) is 4.39. The number of aliphatic carboxylic acids is 1. The number of ether oxygens (including phenoxy) is 1. The van der Waals surface area contributed by atoms with Crippen molar-refractivity contribution >= 4 is 23.5 Å². The number of amides is 1. The van der Waals surface area contributed by atoms with Gasteiger partial charge in [0.15, 0.2) is 0 Å². The second kappa shape index (κ2) is 7.63. The number of carbonyl (C=O) groups excluding carboxylic acids is 1. The van der Waals surface area contributed by atoms with E-state index in [1.54, 1.807) is 25.3 Å². The van der Waals surface area contributed by atoms with Crippen molar-refractivity contribution in [2.24, 2.45) is 0 Å². The third-order valence-corrected chi connectivity index (χ3v) is 2.76. The van der Waals surface area contributed by atoms with E-state index >= 15 is 0 Å². The summed E-state index contributed by atoms with van der Waals surface area (Å²) in [5.74, 6) is -0.542. The number of halogens is 1. The van der Waals surface area contributed by atoms with E-state index < -0.39 is 5.97 Å². The second-order valence-electron chi connectivity index (χ2n) is 3.95. The largest absolute Gasteiger partial charge is 0.496 e. The molecule has 0 fully saturated rings. The van der Waals surface area contributed by atoms with Gasteiger partial charge in [-0.2, -0.15) is 0 Å². The van der Waals surface area contributed by atoms with Crippen LogP contribution in [-0.4, -0.2) is 30.6 Å². The molecule has 0 radical (unpaired) electrons. The summed E-state index contributed by atoms with van der Waals surface area (Å²) in [5.41, 5.74) is 0.897. The van der Waals surface area contributed by atoms with Crippen molar-refractivity contribution in [3.8, 4) is 5.75 Å². The van der Waals surface area contributed by atoms with Crippen LogP contribution in [0.3, 0.4) is 0 Å². The van der Waals surface area contributed by atoms with E-state index in [0.29, 0.717) is 23.7 Å². The van der Waals surface area contributed by atoms with Crippen LogP contribution in [0.25, 0.3) is 0 Å². The number of nitrogens with one attached hydrogen (secondary N) is 1. The first kappa shape index (κ1) is 15.3. The Morgan fingerprint density at radius 2 is 2.11 bits per heavy atom. The Labute approximate surface area is 116 Å². The fourth-order valence-corrected chi connectivity index (χ4v) is 1.78. The molecule has 0 aliphatic heterocycles. The van der Waals surface area contributed by atoms with Crippen LogP contribution in [0.15, 0.2) is 18.2 Å². The minimum atomic E-state index is -0.980. The summed E-state index contributed by atoms with van der Waals surface area (Å²) in [7, 11) is 1.57. The summed E-state index contributed by atoms with van der Waals surface area (Å²) >= 11 is 5.89. The molecule has 0 aliphatic rings. The average molecular weight is 286 g/mol. The minimum absolute atomic E-state index is 0.0119. The number of carbonyl (C=O) groups is 2. The Morgan fingerprint density at radius 1 is 1.37 bits per heavy atom. The fourth-order valence-electron chi connectivity index (χ4n) is 1.59. The topological polar surface area (TPSA) is 75.6 Å². The number of methoxy groups -OCH3 is 1. The molecule has 0 spiro atoms. The van der Waals surface area contributed by atoms with E-state index in [0.717, 1.165) is 5.56 Å². The van der Waals surface area contributed by atoms with Gasteiger partial charge < -0.3 is 15.2 Å². The maximum Gasteiger partial charge on any atom is 0.303 e. The van der Waals surface area contributed by atoms with E-state index in [4.69, 9.17) is 21.4 Å².